The van der Waals surface area contributed by atoms with Crippen LogP contribution in [0.4, 0.5) is 5.95 Å². The third kappa shape index (κ3) is 4.85. The molecule has 0 radical (unpaired) electrons. The lowest BCUT2D eigenvalue weighted by atomic mass is 10.1. The Morgan fingerprint density at radius 3 is 2.42 bits per heavy atom. The first kappa shape index (κ1) is 22.7. The van der Waals surface area contributed by atoms with Gasteiger partial charge in [-0.3, -0.25) is 19.0 Å². The first-order chi connectivity index (χ1) is 14.7. The molecule has 1 aliphatic rings. The number of esters is 3. The van der Waals surface area contributed by atoms with Crippen molar-refractivity contribution in [2.75, 3.05) is 18.5 Å². The smallest absolute Gasteiger partial charge is 0.303 e. The van der Waals surface area contributed by atoms with Crippen LogP contribution in [-0.4, -0.2) is 68.9 Å². The minimum atomic E-state index is -1.08. The number of carbonyl (C=O) groups is 3. The number of nitrogens with zero attached hydrogens (tertiary/aromatic N) is 4. The molecule has 1 saturated heterocycles. The zero-order chi connectivity index (χ0) is 22.7. The van der Waals surface area contributed by atoms with Gasteiger partial charge in [-0.15, -0.1) is 0 Å². The van der Waals surface area contributed by atoms with Crippen molar-refractivity contribution >= 4 is 46.6 Å². The molecular formula is C18H22ClN5O7. The fraction of sp³-hybridized carbons (Fsp3) is 0.556. The first-order valence-corrected chi connectivity index (χ1v) is 9.86. The molecule has 0 amide bonds. The molecule has 0 saturated carbocycles. The zero-order valence-corrected chi connectivity index (χ0v) is 18.1. The van der Waals surface area contributed by atoms with Crippen molar-refractivity contribution in [2.24, 2.45) is 0 Å². The van der Waals surface area contributed by atoms with Crippen LogP contribution in [0.2, 0.25) is 5.15 Å². The van der Waals surface area contributed by atoms with Crippen LogP contribution in [0.15, 0.2) is 6.33 Å². The van der Waals surface area contributed by atoms with Gasteiger partial charge in [0.05, 0.1) is 0 Å². The van der Waals surface area contributed by atoms with Crippen molar-refractivity contribution in [1.82, 2.24) is 19.5 Å². The fourth-order valence-electron chi connectivity index (χ4n) is 3.31. The maximum absolute atomic E-state index is 11.9. The molecule has 4 atom stereocenters. The number of imidazole rings is 1. The Labute approximate surface area is 182 Å². The molecule has 1 N–H and O–H groups in total. The van der Waals surface area contributed by atoms with E-state index in [0.29, 0.717) is 23.7 Å². The highest BCUT2D eigenvalue weighted by Crippen LogP contribution is 2.38. The Balaban J connectivity index is 2.11. The van der Waals surface area contributed by atoms with E-state index in [4.69, 9.17) is 30.5 Å². The predicted molar refractivity (Wildman–Crippen MR) is 106 cm³/mol. The van der Waals surface area contributed by atoms with E-state index in [0.717, 1.165) is 0 Å². The molecule has 0 unspecified atom stereocenters. The maximum Gasteiger partial charge on any atom is 0.303 e. The van der Waals surface area contributed by atoms with Crippen LogP contribution in [0.1, 0.15) is 33.9 Å². The third-order valence-electron chi connectivity index (χ3n) is 4.36. The van der Waals surface area contributed by atoms with E-state index in [2.05, 4.69) is 20.3 Å². The number of hydrogen-bond acceptors (Lipinski definition) is 11. The Morgan fingerprint density at radius 2 is 1.81 bits per heavy atom. The lowest BCUT2D eigenvalue weighted by molar-refractivity contribution is -0.166. The summed E-state index contributed by atoms with van der Waals surface area (Å²) in [6, 6.07) is 0. The summed E-state index contributed by atoms with van der Waals surface area (Å²) in [5, 5.41) is 3.20. The predicted octanol–water partition coefficient (Wildman–Crippen LogP) is 1.24. The highest BCUT2D eigenvalue weighted by Gasteiger charge is 2.51. The number of hydrogen-bond donors (Lipinski definition) is 1. The SMILES string of the molecule is CCNc1nc2c(Cl)ncnc2n1[C@@H]1O[C@H](COC(C)=O)[C@@H](OC(C)=O)[C@H]1OC(C)=O. The second-order valence-electron chi connectivity index (χ2n) is 6.69. The quantitative estimate of drug-likeness (QED) is 0.365. The van der Waals surface area contributed by atoms with E-state index in [1.54, 1.807) is 4.57 Å². The van der Waals surface area contributed by atoms with E-state index in [-0.39, 0.29) is 11.8 Å². The number of halogens is 1. The molecule has 1 fully saturated rings. The van der Waals surface area contributed by atoms with Crippen molar-refractivity contribution in [2.45, 2.75) is 52.2 Å². The Kier molecular flexibility index (Phi) is 6.91. The molecule has 0 aliphatic carbocycles. The molecule has 168 valence electrons. The standard InChI is InChI=1S/C18H22ClN5O7/c1-5-20-18-23-12-15(19)21-7-22-16(12)24(18)17-14(30-10(4)27)13(29-9(3)26)11(31-17)6-28-8(2)25/h7,11,13-14,17H,5-6H2,1-4H3,(H,20,23)/t11-,13-,14-,17-/m1/s1. The van der Waals surface area contributed by atoms with Gasteiger partial charge in [-0.2, -0.15) is 0 Å². The van der Waals surface area contributed by atoms with Gasteiger partial charge in [0.25, 0.3) is 0 Å². The molecule has 2 aromatic rings. The average Bonchev–Trinajstić information content (AvgIpc) is 3.19. The van der Waals surface area contributed by atoms with E-state index < -0.39 is 42.4 Å². The molecule has 3 rings (SSSR count). The van der Waals surface area contributed by atoms with Crippen LogP contribution >= 0.6 is 11.6 Å². The maximum atomic E-state index is 11.9. The van der Waals surface area contributed by atoms with E-state index in [9.17, 15) is 14.4 Å². The van der Waals surface area contributed by atoms with E-state index in [1.165, 1.54) is 27.1 Å². The number of ether oxygens (including phenoxy) is 4. The van der Waals surface area contributed by atoms with Crippen LogP contribution in [-0.2, 0) is 33.3 Å². The van der Waals surface area contributed by atoms with Crippen LogP contribution in [0.25, 0.3) is 11.2 Å². The van der Waals surface area contributed by atoms with Gasteiger partial charge in [0.2, 0.25) is 5.95 Å². The number of carbonyl (C=O) groups excluding carboxylic acids is 3. The van der Waals surface area contributed by atoms with Crippen molar-refractivity contribution in [1.29, 1.82) is 0 Å². The number of fused-ring (bicyclic) bond motifs is 1. The summed E-state index contributed by atoms with van der Waals surface area (Å²) in [5.41, 5.74) is 0.616. The molecule has 0 spiro atoms. The fourth-order valence-corrected chi connectivity index (χ4v) is 3.48. The average molecular weight is 456 g/mol. The molecular weight excluding hydrogens is 434 g/mol. The molecule has 13 heteroatoms. The van der Waals surface area contributed by atoms with Crippen LogP contribution in [0.3, 0.4) is 0 Å². The summed E-state index contributed by atoms with van der Waals surface area (Å²) in [4.78, 5) is 47.5. The number of rotatable bonds is 7. The first-order valence-electron chi connectivity index (χ1n) is 9.48. The Hall–Kier alpha value is -2.99. The summed E-state index contributed by atoms with van der Waals surface area (Å²) in [5.74, 6) is -1.45. The van der Waals surface area contributed by atoms with Crippen LogP contribution < -0.4 is 5.32 Å². The van der Waals surface area contributed by atoms with Gasteiger partial charge in [0, 0.05) is 27.3 Å². The summed E-state index contributed by atoms with van der Waals surface area (Å²) >= 11 is 6.17. The normalized spacial score (nSPS) is 22.9. The largest absolute Gasteiger partial charge is 0.463 e. The van der Waals surface area contributed by atoms with Crippen LogP contribution in [0.5, 0.6) is 0 Å². The molecule has 1 aliphatic heterocycles. The minimum absolute atomic E-state index is 0.123. The van der Waals surface area contributed by atoms with Crippen molar-refractivity contribution < 1.29 is 33.3 Å². The van der Waals surface area contributed by atoms with E-state index in [1.807, 2.05) is 6.92 Å². The lowest BCUT2D eigenvalue weighted by Crippen LogP contribution is -2.40. The number of anilines is 1. The highest BCUT2D eigenvalue weighted by molar-refractivity contribution is 6.33. The van der Waals surface area contributed by atoms with Crippen molar-refractivity contribution in [3.8, 4) is 0 Å². The molecule has 12 nitrogen and oxygen atoms in total. The highest BCUT2D eigenvalue weighted by atomic mass is 35.5. The third-order valence-corrected chi connectivity index (χ3v) is 4.64. The Bertz CT molecular complexity index is 997. The molecule has 0 aromatic carbocycles. The lowest BCUT2D eigenvalue weighted by Gasteiger charge is -2.24. The van der Waals surface area contributed by atoms with Gasteiger partial charge < -0.3 is 24.3 Å². The molecule has 3 heterocycles. The molecule has 31 heavy (non-hydrogen) atoms. The summed E-state index contributed by atoms with van der Waals surface area (Å²) in [6.45, 7) is 5.82. The summed E-state index contributed by atoms with van der Waals surface area (Å²) in [6.07, 6.45) is -2.79. The summed E-state index contributed by atoms with van der Waals surface area (Å²) < 4.78 is 23.5. The Morgan fingerprint density at radius 1 is 1.13 bits per heavy atom. The van der Waals surface area contributed by atoms with Crippen LogP contribution in [0, 0.1) is 0 Å². The topological polar surface area (TPSA) is 144 Å². The van der Waals surface area contributed by atoms with Crippen molar-refractivity contribution in [3.05, 3.63) is 11.5 Å². The van der Waals surface area contributed by atoms with Gasteiger partial charge in [-0.05, 0) is 6.92 Å². The molecule has 0 bridgehead atoms. The summed E-state index contributed by atoms with van der Waals surface area (Å²) in [7, 11) is 0. The monoisotopic (exact) mass is 455 g/mol. The number of aromatic nitrogens is 4. The van der Waals surface area contributed by atoms with Gasteiger partial charge in [-0.25, -0.2) is 15.0 Å². The number of nitrogens with one attached hydrogen (secondary N) is 1. The molecule has 2 aromatic heterocycles. The van der Waals surface area contributed by atoms with Crippen molar-refractivity contribution in [3.63, 3.8) is 0 Å². The van der Waals surface area contributed by atoms with Gasteiger partial charge in [0.1, 0.15) is 24.6 Å². The second kappa shape index (κ2) is 9.43. The van der Waals surface area contributed by atoms with Gasteiger partial charge in [0.15, 0.2) is 29.2 Å². The minimum Gasteiger partial charge on any atom is -0.463 e. The van der Waals surface area contributed by atoms with E-state index >= 15 is 0 Å². The van der Waals surface area contributed by atoms with Gasteiger partial charge >= 0.3 is 17.9 Å². The zero-order valence-electron chi connectivity index (χ0n) is 17.3. The van der Waals surface area contributed by atoms with Gasteiger partial charge in [-0.1, -0.05) is 11.6 Å². The second-order valence-corrected chi connectivity index (χ2v) is 7.05.